The van der Waals surface area contributed by atoms with Crippen molar-refractivity contribution in [3.8, 4) is 0 Å². The first-order valence-corrected chi connectivity index (χ1v) is 3.84. The second-order valence-electron chi connectivity index (χ2n) is 3.02. The summed E-state index contributed by atoms with van der Waals surface area (Å²) in [7, 11) is 0. The van der Waals surface area contributed by atoms with E-state index in [1.54, 1.807) is 0 Å². The van der Waals surface area contributed by atoms with Crippen LogP contribution in [0.15, 0.2) is 0 Å². The maximum atomic E-state index is 3.86. The second-order valence-corrected chi connectivity index (χ2v) is 3.02. The third-order valence-corrected chi connectivity index (χ3v) is 2.19. The zero-order valence-corrected chi connectivity index (χ0v) is 9.61. The first-order valence-electron chi connectivity index (χ1n) is 3.84. The van der Waals surface area contributed by atoms with Gasteiger partial charge in [-0.05, 0) is 31.8 Å². The molecule has 1 nitrogen and oxygen atoms in total. The molecule has 0 aromatic carbocycles. The Balaban J connectivity index is 0.000000810. The predicted molar refractivity (Wildman–Crippen MR) is 40.2 cm³/mol. The first-order chi connectivity index (χ1) is 4.33. The van der Waals surface area contributed by atoms with Gasteiger partial charge >= 0.3 is 0 Å². The van der Waals surface area contributed by atoms with Crippen LogP contribution in [0.2, 0.25) is 0 Å². The molecular weight excluding hydrogens is 294 g/mol. The molecule has 2 heteroatoms. The van der Waals surface area contributed by atoms with Crippen LogP contribution in [0.4, 0.5) is 0 Å². The summed E-state index contributed by atoms with van der Waals surface area (Å²) in [6.45, 7) is 9.72. The van der Waals surface area contributed by atoms with E-state index in [-0.39, 0.29) is 21.1 Å². The maximum absolute atomic E-state index is 3.86. The molecular formula is C8H16NW-. The fourth-order valence-corrected chi connectivity index (χ4v) is 1.29. The quantitative estimate of drug-likeness (QED) is 0.664. The van der Waals surface area contributed by atoms with Gasteiger partial charge in [-0.1, -0.05) is 6.92 Å². The summed E-state index contributed by atoms with van der Waals surface area (Å²) in [5, 5.41) is 0. The second kappa shape index (κ2) is 5.32. The van der Waals surface area contributed by atoms with Gasteiger partial charge in [0.05, 0.1) is 0 Å². The van der Waals surface area contributed by atoms with E-state index < -0.39 is 0 Å². The van der Waals surface area contributed by atoms with Crippen molar-refractivity contribution in [1.29, 1.82) is 0 Å². The molecule has 1 saturated heterocycles. The summed E-state index contributed by atoms with van der Waals surface area (Å²) in [4.78, 5) is 2.42. The van der Waals surface area contributed by atoms with Gasteiger partial charge in [0, 0.05) is 21.1 Å². The average Bonchev–Trinajstić information content (AvgIpc) is 1.90. The van der Waals surface area contributed by atoms with Gasteiger partial charge in [-0.25, -0.2) is 0 Å². The zero-order valence-electron chi connectivity index (χ0n) is 6.68. The van der Waals surface area contributed by atoms with Gasteiger partial charge in [-0.2, -0.15) is 0 Å². The van der Waals surface area contributed by atoms with Crippen molar-refractivity contribution in [2.24, 2.45) is 5.92 Å². The fraction of sp³-hybridized carbons (Fsp3) is 0.875. The first kappa shape index (κ1) is 10.6. The molecule has 0 bridgehead atoms. The van der Waals surface area contributed by atoms with Crippen molar-refractivity contribution in [2.45, 2.75) is 19.8 Å². The van der Waals surface area contributed by atoms with Crippen LogP contribution in [0.3, 0.4) is 0 Å². The van der Waals surface area contributed by atoms with E-state index in [0.717, 1.165) is 12.5 Å². The van der Waals surface area contributed by atoms with Crippen LogP contribution in [0, 0.1) is 12.8 Å². The fourth-order valence-electron chi connectivity index (χ4n) is 1.29. The van der Waals surface area contributed by atoms with Gasteiger partial charge in [0.2, 0.25) is 0 Å². The number of piperidine rings is 1. The number of hydrogen-bond donors (Lipinski definition) is 0. The summed E-state index contributed by atoms with van der Waals surface area (Å²) in [6, 6.07) is 0. The van der Waals surface area contributed by atoms with Crippen LogP contribution in [-0.4, -0.2) is 24.5 Å². The van der Waals surface area contributed by atoms with Crippen LogP contribution < -0.4 is 0 Å². The molecule has 10 heavy (non-hydrogen) atoms. The van der Waals surface area contributed by atoms with E-state index in [0.29, 0.717) is 0 Å². The monoisotopic (exact) mass is 310 g/mol. The SMILES string of the molecule is [CH2-]CN1CCC(C)CC1.[W]. The topological polar surface area (TPSA) is 3.24 Å². The molecule has 1 aliphatic rings. The number of nitrogens with zero attached hydrogens (tertiary/aromatic N) is 1. The Morgan fingerprint density at radius 3 is 2.30 bits per heavy atom. The van der Waals surface area contributed by atoms with E-state index in [4.69, 9.17) is 0 Å². The minimum absolute atomic E-state index is 0. The smallest absolute Gasteiger partial charge is 0 e. The molecule has 0 radical (unpaired) electrons. The molecule has 1 fully saturated rings. The molecule has 0 unspecified atom stereocenters. The third-order valence-electron chi connectivity index (χ3n) is 2.19. The summed E-state index contributed by atoms with van der Waals surface area (Å²) in [5.74, 6) is 0.952. The Morgan fingerprint density at radius 1 is 1.40 bits per heavy atom. The van der Waals surface area contributed by atoms with Crippen molar-refractivity contribution < 1.29 is 21.1 Å². The Bertz CT molecular complexity index is 77.3. The number of likely N-dealkylation sites (tertiary alicyclic amines) is 1. The Kier molecular flexibility index (Phi) is 5.66. The van der Waals surface area contributed by atoms with E-state index in [9.17, 15) is 0 Å². The summed E-state index contributed by atoms with van der Waals surface area (Å²) in [5.41, 5.74) is 0. The van der Waals surface area contributed by atoms with Crippen molar-refractivity contribution in [1.82, 2.24) is 4.90 Å². The molecule has 0 spiro atoms. The van der Waals surface area contributed by atoms with Gasteiger partial charge in [0.1, 0.15) is 0 Å². The molecule has 0 N–H and O–H groups in total. The number of hydrogen-bond acceptors (Lipinski definition) is 1. The molecule has 0 aromatic heterocycles. The summed E-state index contributed by atoms with van der Waals surface area (Å²) < 4.78 is 0. The molecule has 0 aliphatic carbocycles. The standard InChI is InChI=1S/C8H16N.W/c1-3-9-6-4-8(2)5-7-9;/h8H,1,3-7H2,2H3;/q-1;. The molecule has 1 heterocycles. The van der Waals surface area contributed by atoms with E-state index >= 15 is 0 Å². The third kappa shape index (κ3) is 3.16. The van der Waals surface area contributed by atoms with Gasteiger partial charge in [0.15, 0.2) is 0 Å². The normalized spacial score (nSPS) is 22.2. The minimum atomic E-state index is 0. The average molecular weight is 310 g/mol. The van der Waals surface area contributed by atoms with Gasteiger partial charge in [-0.15, -0.1) is 6.54 Å². The maximum Gasteiger partial charge on any atom is 0 e. The van der Waals surface area contributed by atoms with Crippen molar-refractivity contribution in [3.63, 3.8) is 0 Å². The van der Waals surface area contributed by atoms with Crippen molar-refractivity contribution >= 4 is 0 Å². The molecule has 1 aliphatic heterocycles. The summed E-state index contributed by atoms with van der Waals surface area (Å²) >= 11 is 0. The van der Waals surface area contributed by atoms with Gasteiger partial charge in [0.25, 0.3) is 0 Å². The Morgan fingerprint density at radius 2 is 1.90 bits per heavy atom. The predicted octanol–water partition coefficient (Wildman–Crippen LogP) is 1.55. The van der Waals surface area contributed by atoms with Crippen LogP contribution >= 0.6 is 0 Å². The van der Waals surface area contributed by atoms with E-state index in [1.807, 2.05) is 0 Å². The summed E-state index contributed by atoms with van der Waals surface area (Å²) in [6.07, 6.45) is 2.74. The molecule has 0 amide bonds. The van der Waals surface area contributed by atoms with Gasteiger partial charge < -0.3 is 11.8 Å². The molecule has 0 atom stereocenters. The van der Waals surface area contributed by atoms with Crippen molar-refractivity contribution in [2.75, 3.05) is 19.6 Å². The van der Waals surface area contributed by atoms with Crippen LogP contribution in [0.25, 0.3) is 0 Å². The van der Waals surface area contributed by atoms with Crippen LogP contribution in [0.5, 0.6) is 0 Å². The van der Waals surface area contributed by atoms with Crippen molar-refractivity contribution in [3.05, 3.63) is 6.92 Å². The van der Waals surface area contributed by atoms with E-state index in [1.165, 1.54) is 25.9 Å². The zero-order chi connectivity index (χ0) is 6.69. The van der Waals surface area contributed by atoms with Gasteiger partial charge in [-0.3, -0.25) is 0 Å². The number of rotatable bonds is 1. The molecule has 60 valence electrons. The Labute approximate surface area is 78.4 Å². The van der Waals surface area contributed by atoms with Crippen LogP contribution in [0.1, 0.15) is 19.8 Å². The largest absolute Gasteiger partial charge is 0.333 e. The molecule has 1 rings (SSSR count). The van der Waals surface area contributed by atoms with E-state index in [2.05, 4.69) is 18.7 Å². The van der Waals surface area contributed by atoms with Crippen LogP contribution in [-0.2, 0) is 21.1 Å². The molecule has 0 aromatic rings. The minimum Gasteiger partial charge on any atom is -0.333 e. The Hall–Kier alpha value is 0.648. The molecule has 0 saturated carbocycles.